The molecule has 0 unspecified atom stereocenters. The van der Waals surface area contributed by atoms with Gasteiger partial charge in [-0.2, -0.15) is 0 Å². The maximum atomic E-state index is 11.3. The molecule has 0 aromatic rings. The first-order valence-corrected chi connectivity index (χ1v) is 4.47. The molecule has 0 rings (SSSR count). The molecule has 0 radical (unpaired) electrons. The highest BCUT2D eigenvalue weighted by Gasteiger charge is 2.27. The van der Waals surface area contributed by atoms with E-state index in [0.717, 1.165) is 0 Å². The van der Waals surface area contributed by atoms with Crippen LogP contribution in [0.2, 0.25) is 0 Å². The van der Waals surface area contributed by atoms with Crippen molar-refractivity contribution < 1.29 is 14.6 Å². The van der Waals surface area contributed by atoms with Gasteiger partial charge in [0.15, 0.2) is 0 Å². The van der Waals surface area contributed by atoms with Crippen LogP contribution in [0.15, 0.2) is 12.2 Å². The van der Waals surface area contributed by atoms with Crippen molar-refractivity contribution in [2.24, 2.45) is 5.41 Å². The number of hydrogen-bond acceptors (Lipinski definition) is 3. The maximum absolute atomic E-state index is 11.3. The SMILES string of the molecule is CCOC(=O)C(C)(C)C/C=C\CO. The second-order valence-electron chi connectivity index (χ2n) is 3.46. The molecule has 0 aliphatic carbocycles. The monoisotopic (exact) mass is 186 g/mol. The van der Waals surface area contributed by atoms with E-state index in [1.807, 2.05) is 13.8 Å². The van der Waals surface area contributed by atoms with Gasteiger partial charge in [-0.1, -0.05) is 12.2 Å². The zero-order valence-electron chi connectivity index (χ0n) is 8.54. The Balaban J connectivity index is 4.05. The van der Waals surface area contributed by atoms with Gasteiger partial charge >= 0.3 is 5.97 Å². The number of ether oxygens (including phenoxy) is 1. The van der Waals surface area contributed by atoms with Crippen LogP contribution in [0, 0.1) is 5.41 Å². The first kappa shape index (κ1) is 12.2. The van der Waals surface area contributed by atoms with Crippen LogP contribution in [-0.4, -0.2) is 24.3 Å². The number of rotatable bonds is 5. The van der Waals surface area contributed by atoms with E-state index in [0.29, 0.717) is 13.0 Å². The lowest BCUT2D eigenvalue weighted by Crippen LogP contribution is -2.25. The maximum Gasteiger partial charge on any atom is 0.311 e. The summed E-state index contributed by atoms with van der Waals surface area (Å²) in [6.07, 6.45) is 4.00. The number of aliphatic hydroxyl groups excluding tert-OH is 1. The largest absolute Gasteiger partial charge is 0.466 e. The van der Waals surface area contributed by atoms with Gasteiger partial charge in [0.05, 0.1) is 18.6 Å². The van der Waals surface area contributed by atoms with Gasteiger partial charge in [-0.25, -0.2) is 0 Å². The first-order valence-electron chi connectivity index (χ1n) is 4.47. The molecule has 3 nitrogen and oxygen atoms in total. The Labute approximate surface area is 79.4 Å². The quantitative estimate of drug-likeness (QED) is 0.523. The smallest absolute Gasteiger partial charge is 0.311 e. The molecule has 0 atom stereocenters. The van der Waals surface area contributed by atoms with Crippen molar-refractivity contribution in [3.8, 4) is 0 Å². The fourth-order valence-corrected chi connectivity index (χ4v) is 0.862. The molecule has 3 heteroatoms. The summed E-state index contributed by atoms with van der Waals surface area (Å²) in [6.45, 7) is 5.86. The summed E-state index contributed by atoms with van der Waals surface area (Å²) in [7, 11) is 0. The Morgan fingerprint density at radius 3 is 2.54 bits per heavy atom. The molecule has 0 saturated carbocycles. The van der Waals surface area contributed by atoms with Gasteiger partial charge in [0.2, 0.25) is 0 Å². The summed E-state index contributed by atoms with van der Waals surface area (Å²) < 4.78 is 4.90. The molecular formula is C10H18O3. The summed E-state index contributed by atoms with van der Waals surface area (Å²) in [6, 6.07) is 0. The van der Waals surface area contributed by atoms with Gasteiger partial charge in [-0.05, 0) is 27.2 Å². The number of hydrogen-bond donors (Lipinski definition) is 1. The lowest BCUT2D eigenvalue weighted by Gasteiger charge is -2.19. The number of allylic oxidation sites excluding steroid dienone is 1. The predicted molar refractivity (Wildman–Crippen MR) is 51.3 cm³/mol. The molecule has 76 valence electrons. The summed E-state index contributed by atoms with van der Waals surface area (Å²) in [5, 5.41) is 8.50. The first-order chi connectivity index (χ1) is 6.04. The summed E-state index contributed by atoms with van der Waals surface area (Å²) >= 11 is 0. The van der Waals surface area contributed by atoms with Gasteiger partial charge in [-0.3, -0.25) is 4.79 Å². The van der Waals surface area contributed by atoms with Crippen molar-refractivity contribution in [1.82, 2.24) is 0 Å². The standard InChI is InChI=1S/C10H18O3/c1-4-13-9(12)10(2,3)7-5-6-8-11/h5-6,11H,4,7-8H2,1-3H3/b6-5-. The van der Waals surface area contributed by atoms with Crippen LogP contribution in [0.3, 0.4) is 0 Å². The Morgan fingerprint density at radius 1 is 1.46 bits per heavy atom. The third-order valence-corrected chi connectivity index (χ3v) is 1.73. The number of aliphatic hydroxyl groups is 1. The highest BCUT2D eigenvalue weighted by molar-refractivity contribution is 5.76. The Kier molecular flexibility index (Phi) is 5.39. The zero-order valence-corrected chi connectivity index (χ0v) is 8.54. The topological polar surface area (TPSA) is 46.5 Å². The van der Waals surface area contributed by atoms with Gasteiger partial charge in [0.1, 0.15) is 0 Å². The molecule has 0 aliphatic rings. The molecule has 0 bridgehead atoms. The van der Waals surface area contributed by atoms with Crippen LogP contribution >= 0.6 is 0 Å². The molecule has 0 heterocycles. The third kappa shape index (κ3) is 4.68. The van der Waals surface area contributed by atoms with Gasteiger partial charge in [0, 0.05) is 0 Å². The van der Waals surface area contributed by atoms with Crippen molar-refractivity contribution in [1.29, 1.82) is 0 Å². The van der Waals surface area contributed by atoms with Crippen LogP contribution in [0.25, 0.3) is 0 Å². The highest BCUT2D eigenvalue weighted by atomic mass is 16.5. The Bertz CT molecular complexity index is 183. The minimum Gasteiger partial charge on any atom is -0.466 e. The van der Waals surface area contributed by atoms with Crippen LogP contribution in [0.1, 0.15) is 27.2 Å². The minimum absolute atomic E-state index is 0.0128. The van der Waals surface area contributed by atoms with Gasteiger partial charge in [-0.15, -0.1) is 0 Å². The van der Waals surface area contributed by atoms with E-state index in [1.54, 1.807) is 19.1 Å². The second-order valence-corrected chi connectivity index (χ2v) is 3.46. The lowest BCUT2D eigenvalue weighted by atomic mass is 9.89. The molecule has 0 aromatic carbocycles. The second kappa shape index (κ2) is 5.75. The number of carbonyl (C=O) groups excluding carboxylic acids is 1. The van der Waals surface area contributed by atoms with E-state index in [4.69, 9.17) is 9.84 Å². The molecule has 0 aromatic heterocycles. The number of esters is 1. The third-order valence-electron chi connectivity index (χ3n) is 1.73. The minimum atomic E-state index is -0.498. The van der Waals surface area contributed by atoms with E-state index < -0.39 is 5.41 Å². The van der Waals surface area contributed by atoms with Crippen LogP contribution < -0.4 is 0 Å². The van der Waals surface area contributed by atoms with Crippen molar-refractivity contribution in [3.05, 3.63) is 12.2 Å². The van der Waals surface area contributed by atoms with E-state index in [9.17, 15) is 4.79 Å². The van der Waals surface area contributed by atoms with Gasteiger partial charge in [0.25, 0.3) is 0 Å². The van der Waals surface area contributed by atoms with Crippen molar-refractivity contribution in [3.63, 3.8) is 0 Å². The van der Waals surface area contributed by atoms with E-state index in [2.05, 4.69) is 0 Å². The molecule has 1 N–H and O–H groups in total. The predicted octanol–water partition coefficient (Wildman–Crippen LogP) is 1.51. The average Bonchev–Trinajstić information content (AvgIpc) is 2.05. The Morgan fingerprint density at radius 2 is 2.08 bits per heavy atom. The van der Waals surface area contributed by atoms with Crippen LogP contribution in [-0.2, 0) is 9.53 Å². The molecular weight excluding hydrogens is 168 g/mol. The molecule has 0 spiro atoms. The molecule has 0 aliphatic heterocycles. The normalized spacial score (nSPS) is 12.0. The molecule has 0 amide bonds. The summed E-state index contributed by atoms with van der Waals surface area (Å²) in [5.41, 5.74) is -0.498. The van der Waals surface area contributed by atoms with Gasteiger partial charge < -0.3 is 9.84 Å². The van der Waals surface area contributed by atoms with Crippen LogP contribution in [0.5, 0.6) is 0 Å². The van der Waals surface area contributed by atoms with Crippen molar-refractivity contribution >= 4 is 5.97 Å². The molecule has 0 fully saturated rings. The van der Waals surface area contributed by atoms with Crippen LogP contribution in [0.4, 0.5) is 0 Å². The Hall–Kier alpha value is -0.830. The fourth-order valence-electron chi connectivity index (χ4n) is 0.862. The van der Waals surface area contributed by atoms with E-state index >= 15 is 0 Å². The summed E-state index contributed by atoms with van der Waals surface area (Å²) in [4.78, 5) is 11.3. The van der Waals surface area contributed by atoms with Crippen molar-refractivity contribution in [2.45, 2.75) is 27.2 Å². The summed E-state index contributed by atoms with van der Waals surface area (Å²) in [5.74, 6) is -0.197. The molecule has 0 saturated heterocycles. The number of carbonyl (C=O) groups is 1. The highest BCUT2D eigenvalue weighted by Crippen LogP contribution is 2.22. The molecule has 13 heavy (non-hydrogen) atoms. The van der Waals surface area contributed by atoms with E-state index in [-0.39, 0.29) is 12.6 Å². The average molecular weight is 186 g/mol. The van der Waals surface area contributed by atoms with E-state index in [1.165, 1.54) is 0 Å². The fraction of sp³-hybridized carbons (Fsp3) is 0.700. The van der Waals surface area contributed by atoms with Crippen molar-refractivity contribution in [2.75, 3.05) is 13.2 Å². The zero-order chi connectivity index (χ0) is 10.3. The lowest BCUT2D eigenvalue weighted by molar-refractivity contribution is -0.153.